The van der Waals surface area contributed by atoms with Gasteiger partial charge in [-0.25, -0.2) is 0 Å². The first-order chi connectivity index (χ1) is 6.25. The lowest BCUT2D eigenvalue weighted by molar-refractivity contribution is -0.120. The predicted molar refractivity (Wildman–Crippen MR) is 51.8 cm³/mol. The summed E-state index contributed by atoms with van der Waals surface area (Å²) < 4.78 is 0. The van der Waals surface area contributed by atoms with E-state index in [9.17, 15) is 4.79 Å². The van der Waals surface area contributed by atoms with Crippen molar-refractivity contribution in [2.75, 3.05) is 13.1 Å². The average molecular weight is 203 g/mol. The second kappa shape index (κ2) is 3.84. The van der Waals surface area contributed by atoms with E-state index in [2.05, 4.69) is 10.6 Å². The first-order valence-corrected chi connectivity index (χ1v) is 5.33. The van der Waals surface area contributed by atoms with Crippen molar-refractivity contribution < 1.29 is 4.79 Å². The van der Waals surface area contributed by atoms with Gasteiger partial charge in [-0.1, -0.05) is 0 Å². The Balaban J connectivity index is 2.02. The lowest BCUT2D eigenvalue weighted by Crippen LogP contribution is -2.43. The molecule has 74 valence electrons. The molecule has 2 aliphatic rings. The number of hydrogen-bond acceptors (Lipinski definition) is 2. The van der Waals surface area contributed by atoms with E-state index in [1.807, 2.05) is 0 Å². The Morgan fingerprint density at radius 1 is 1.38 bits per heavy atom. The van der Waals surface area contributed by atoms with Crippen LogP contribution in [0.25, 0.3) is 0 Å². The van der Waals surface area contributed by atoms with E-state index in [-0.39, 0.29) is 11.3 Å². The molecule has 1 saturated carbocycles. The largest absolute Gasteiger partial charge is 0.352 e. The number of carbonyl (C=O) groups excluding carboxylic acids is 1. The van der Waals surface area contributed by atoms with E-state index < -0.39 is 0 Å². The molecule has 3 unspecified atom stereocenters. The fraction of sp³-hybridized carbons (Fsp3) is 0.889. The van der Waals surface area contributed by atoms with Crippen LogP contribution in [-0.4, -0.2) is 30.4 Å². The van der Waals surface area contributed by atoms with Gasteiger partial charge in [-0.05, 0) is 25.2 Å². The van der Waals surface area contributed by atoms with Crippen LogP contribution in [-0.2, 0) is 4.79 Å². The van der Waals surface area contributed by atoms with Crippen LogP contribution in [0, 0.1) is 5.92 Å². The lowest BCUT2D eigenvalue weighted by atomic mass is 9.84. The summed E-state index contributed by atoms with van der Waals surface area (Å²) in [5.74, 6) is 0.694. The molecule has 0 radical (unpaired) electrons. The molecule has 13 heavy (non-hydrogen) atoms. The van der Waals surface area contributed by atoms with Gasteiger partial charge in [0.25, 0.3) is 0 Å². The third-order valence-corrected chi connectivity index (χ3v) is 3.36. The minimum Gasteiger partial charge on any atom is -0.352 e. The van der Waals surface area contributed by atoms with Crippen LogP contribution in [0.4, 0.5) is 0 Å². The summed E-state index contributed by atoms with van der Waals surface area (Å²) in [5, 5.41) is 6.43. The molecule has 1 amide bonds. The molecule has 2 fully saturated rings. The molecule has 0 spiro atoms. The minimum atomic E-state index is 0.110. The van der Waals surface area contributed by atoms with Gasteiger partial charge in [0.1, 0.15) is 0 Å². The zero-order valence-corrected chi connectivity index (χ0v) is 8.31. The third kappa shape index (κ3) is 2.15. The Morgan fingerprint density at radius 3 is 3.08 bits per heavy atom. The van der Waals surface area contributed by atoms with E-state index in [0.29, 0.717) is 18.5 Å². The average Bonchev–Trinajstić information content (AvgIpc) is 2.25. The Labute approximate surface area is 83.2 Å². The minimum absolute atomic E-state index is 0.110. The van der Waals surface area contributed by atoms with Gasteiger partial charge >= 0.3 is 0 Å². The van der Waals surface area contributed by atoms with Crippen LogP contribution in [0.3, 0.4) is 0 Å². The third-order valence-electron chi connectivity index (χ3n) is 2.97. The highest BCUT2D eigenvalue weighted by Gasteiger charge is 2.32. The summed E-state index contributed by atoms with van der Waals surface area (Å²) in [5.41, 5.74) is 0. The maximum atomic E-state index is 11.2. The van der Waals surface area contributed by atoms with Gasteiger partial charge in [0.15, 0.2) is 0 Å². The molecule has 1 saturated heterocycles. The van der Waals surface area contributed by atoms with Gasteiger partial charge in [0.05, 0.1) is 6.54 Å². The molecule has 1 aliphatic carbocycles. The maximum absolute atomic E-state index is 11.2. The fourth-order valence-corrected chi connectivity index (χ4v) is 2.55. The van der Waals surface area contributed by atoms with Crippen molar-refractivity contribution in [3.8, 4) is 0 Å². The summed E-state index contributed by atoms with van der Waals surface area (Å²) in [6.45, 7) is 1.41. The van der Waals surface area contributed by atoms with Crippen LogP contribution in [0.5, 0.6) is 0 Å². The molecule has 3 nitrogen and oxygen atoms in total. The van der Waals surface area contributed by atoms with Gasteiger partial charge in [-0.2, -0.15) is 0 Å². The second-order valence-electron chi connectivity index (χ2n) is 3.98. The van der Waals surface area contributed by atoms with Gasteiger partial charge in [0, 0.05) is 18.0 Å². The lowest BCUT2D eigenvalue weighted by Gasteiger charge is -2.32. The number of hydrogen-bond donors (Lipinski definition) is 2. The van der Waals surface area contributed by atoms with E-state index in [1.165, 1.54) is 0 Å². The number of amides is 1. The molecule has 0 aromatic carbocycles. The van der Waals surface area contributed by atoms with Gasteiger partial charge in [-0.3, -0.25) is 4.79 Å². The summed E-state index contributed by atoms with van der Waals surface area (Å²) in [4.78, 5) is 11.2. The van der Waals surface area contributed by atoms with Crippen LogP contribution in [0.2, 0.25) is 0 Å². The summed E-state index contributed by atoms with van der Waals surface area (Å²) >= 11 is 6.07. The van der Waals surface area contributed by atoms with Crippen molar-refractivity contribution in [3.05, 3.63) is 0 Å². The molecule has 0 bridgehead atoms. The molecular formula is C9H15ClN2O. The van der Waals surface area contributed by atoms with Gasteiger partial charge in [0.2, 0.25) is 5.91 Å². The molecule has 0 aromatic heterocycles. The summed E-state index contributed by atoms with van der Waals surface area (Å²) in [6.07, 6.45) is 3.14. The monoisotopic (exact) mass is 202 g/mol. The van der Waals surface area contributed by atoms with Crippen LogP contribution in [0.15, 0.2) is 0 Å². The Hall–Kier alpha value is -0.280. The SMILES string of the molecule is O=C1CNCC2CCC(Cl)CC2N1. The number of alkyl halides is 1. The highest BCUT2D eigenvalue weighted by atomic mass is 35.5. The molecule has 1 heterocycles. The van der Waals surface area contributed by atoms with Crippen molar-refractivity contribution in [1.82, 2.24) is 10.6 Å². The molecule has 0 aromatic rings. The van der Waals surface area contributed by atoms with Crippen molar-refractivity contribution in [2.45, 2.75) is 30.7 Å². The topological polar surface area (TPSA) is 41.1 Å². The van der Waals surface area contributed by atoms with Crippen molar-refractivity contribution in [1.29, 1.82) is 0 Å². The maximum Gasteiger partial charge on any atom is 0.234 e. The number of fused-ring (bicyclic) bond motifs is 1. The first kappa shape index (κ1) is 9.28. The summed E-state index contributed by atoms with van der Waals surface area (Å²) in [7, 11) is 0. The van der Waals surface area contributed by atoms with E-state index in [4.69, 9.17) is 11.6 Å². The zero-order valence-electron chi connectivity index (χ0n) is 7.55. The van der Waals surface area contributed by atoms with Crippen molar-refractivity contribution in [3.63, 3.8) is 0 Å². The second-order valence-corrected chi connectivity index (χ2v) is 4.59. The Morgan fingerprint density at radius 2 is 2.23 bits per heavy atom. The van der Waals surface area contributed by atoms with Crippen LogP contribution < -0.4 is 10.6 Å². The Bertz CT molecular complexity index is 210. The number of nitrogens with one attached hydrogen (secondary N) is 2. The van der Waals surface area contributed by atoms with Crippen LogP contribution >= 0.6 is 11.6 Å². The molecule has 2 N–H and O–H groups in total. The quantitative estimate of drug-likeness (QED) is 0.562. The highest BCUT2D eigenvalue weighted by Crippen LogP contribution is 2.28. The standard InChI is InChI=1S/C9H15ClN2O/c10-7-2-1-6-4-11-5-9(13)12-8(6)3-7/h6-8,11H,1-5H2,(H,12,13). The van der Waals surface area contributed by atoms with Gasteiger partial charge in [-0.15, -0.1) is 11.6 Å². The molecule has 4 heteroatoms. The van der Waals surface area contributed by atoms with Gasteiger partial charge < -0.3 is 10.6 Å². The van der Waals surface area contributed by atoms with Crippen molar-refractivity contribution in [2.24, 2.45) is 5.92 Å². The molecule has 3 atom stereocenters. The molecule has 1 aliphatic heterocycles. The smallest absolute Gasteiger partial charge is 0.234 e. The van der Waals surface area contributed by atoms with Crippen LogP contribution in [0.1, 0.15) is 19.3 Å². The normalized spacial score (nSPS) is 40.4. The highest BCUT2D eigenvalue weighted by molar-refractivity contribution is 6.20. The predicted octanol–water partition coefficient (Wildman–Crippen LogP) is 0.482. The number of halogens is 1. The van der Waals surface area contributed by atoms with Crippen molar-refractivity contribution >= 4 is 17.5 Å². The molecule has 2 rings (SSSR count). The van der Waals surface area contributed by atoms with E-state index in [0.717, 1.165) is 25.8 Å². The number of rotatable bonds is 0. The summed E-state index contributed by atoms with van der Waals surface area (Å²) in [6, 6.07) is 0.304. The fourth-order valence-electron chi connectivity index (χ4n) is 2.23. The first-order valence-electron chi connectivity index (χ1n) is 4.90. The van der Waals surface area contributed by atoms with E-state index in [1.54, 1.807) is 0 Å². The Kier molecular flexibility index (Phi) is 2.74. The molecular weight excluding hydrogens is 188 g/mol. The number of carbonyl (C=O) groups is 1. The van der Waals surface area contributed by atoms with E-state index >= 15 is 0 Å². The zero-order chi connectivity index (χ0) is 9.26.